The number of aryl methyl sites for hydroxylation is 1. The van der Waals surface area contributed by atoms with Gasteiger partial charge in [-0.3, -0.25) is 9.59 Å². The van der Waals surface area contributed by atoms with Gasteiger partial charge in [0, 0.05) is 12.1 Å². The van der Waals surface area contributed by atoms with Gasteiger partial charge in [0.2, 0.25) is 0 Å². The summed E-state index contributed by atoms with van der Waals surface area (Å²) in [7, 11) is 1.37. The predicted octanol–water partition coefficient (Wildman–Crippen LogP) is 1.63. The van der Waals surface area contributed by atoms with E-state index >= 15 is 0 Å². The second-order valence-corrected chi connectivity index (χ2v) is 3.55. The minimum absolute atomic E-state index is 0.0434. The second kappa shape index (κ2) is 3.93. The van der Waals surface area contributed by atoms with E-state index < -0.39 is 0 Å². The van der Waals surface area contributed by atoms with Crippen LogP contribution in [0.25, 0.3) is 11.0 Å². The molecular weight excluding hydrogens is 224 g/mol. The molecule has 0 saturated carbocycles. The normalized spacial score (nSPS) is 10.5. The number of ether oxygens (including phenoxy) is 1. The van der Waals surface area contributed by atoms with Crippen molar-refractivity contribution in [3.63, 3.8) is 0 Å². The van der Waals surface area contributed by atoms with Gasteiger partial charge >= 0.3 is 0 Å². The molecule has 2 aromatic rings. The zero-order valence-corrected chi connectivity index (χ0v) is 9.31. The highest BCUT2D eigenvalue weighted by Crippen LogP contribution is 2.32. The van der Waals surface area contributed by atoms with Crippen molar-refractivity contribution in [3.8, 4) is 11.5 Å². The maximum Gasteiger partial charge on any atom is 0.196 e. The molecule has 0 fully saturated rings. The lowest BCUT2D eigenvalue weighted by Crippen LogP contribution is -2.04. The van der Waals surface area contributed by atoms with E-state index in [2.05, 4.69) is 0 Å². The summed E-state index contributed by atoms with van der Waals surface area (Å²) in [5.41, 5.74) is -0.327. The third-order valence-electron chi connectivity index (χ3n) is 2.44. The van der Waals surface area contributed by atoms with Crippen molar-refractivity contribution in [3.05, 3.63) is 33.7 Å². The fourth-order valence-electron chi connectivity index (χ4n) is 1.70. The van der Waals surface area contributed by atoms with E-state index in [1.807, 2.05) is 0 Å². The molecule has 5 heteroatoms. The smallest absolute Gasteiger partial charge is 0.196 e. The second-order valence-electron chi connectivity index (χ2n) is 3.55. The van der Waals surface area contributed by atoms with Crippen molar-refractivity contribution in [2.75, 3.05) is 7.11 Å². The molecule has 0 aliphatic carbocycles. The third-order valence-corrected chi connectivity index (χ3v) is 2.44. The van der Waals surface area contributed by atoms with Crippen molar-refractivity contribution in [1.82, 2.24) is 0 Å². The van der Waals surface area contributed by atoms with Crippen LogP contribution in [0.15, 0.2) is 21.3 Å². The fourth-order valence-corrected chi connectivity index (χ4v) is 1.70. The Kier molecular flexibility index (Phi) is 2.59. The number of hydrogen-bond donors (Lipinski definition) is 1. The number of aromatic hydroxyl groups is 1. The number of aldehydes is 1. The zero-order chi connectivity index (χ0) is 12.6. The van der Waals surface area contributed by atoms with Crippen molar-refractivity contribution >= 4 is 17.3 Å². The van der Waals surface area contributed by atoms with Crippen LogP contribution in [0.4, 0.5) is 0 Å². The Balaban J connectivity index is 3.08. The van der Waals surface area contributed by atoms with Crippen LogP contribution in [0.2, 0.25) is 0 Å². The monoisotopic (exact) mass is 234 g/mol. The number of carbonyl (C=O) groups is 1. The molecule has 5 nitrogen and oxygen atoms in total. The molecule has 1 aromatic heterocycles. The number of phenolic OH excluding ortho intramolecular Hbond substituents is 1. The fraction of sp³-hybridized carbons (Fsp3) is 0.167. The van der Waals surface area contributed by atoms with Crippen LogP contribution < -0.4 is 10.2 Å². The average Bonchev–Trinajstić information content (AvgIpc) is 2.27. The van der Waals surface area contributed by atoms with Crippen LogP contribution in [-0.2, 0) is 0 Å². The largest absolute Gasteiger partial charge is 0.507 e. The van der Waals surface area contributed by atoms with Gasteiger partial charge in [-0.15, -0.1) is 0 Å². The van der Waals surface area contributed by atoms with Crippen LogP contribution in [0.1, 0.15) is 16.1 Å². The molecule has 0 unspecified atom stereocenters. The van der Waals surface area contributed by atoms with Gasteiger partial charge in [0.1, 0.15) is 22.6 Å². The van der Waals surface area contributed by atoms with Gasteiger partial charge in [0.25, 0.3) is 0 Å². The van der Waals surface area contributed by atoms with Crippen LogP contribution in [0.5, 0.6) is 11.5 Å². The van der Waals surface area contributed by atoms with Crippen LogP contribution >= 0.6 is 0 Å². The Morgan fingerprint density at radius 2 is 2.12 bits per heavy atom. The standard InChI is InChI=1S/C12H10O5/c1-6-3-9(15)11-10(16-2)4-8(14)7(5-13)12(11)17-6/h3-5,14H,1-2H3. The maximum atomic E-state index is 11.8. The minimum atomic E-state index is -0.316. The van der Waals surface area contributed by atoms with E-state index in [1.165, 1.54) is 19.2 Å². The van der Waals surface area contributed by atoms with Gasteiger partial charge < -0.3 is 14.3 Å². The number of methoxy groups -OCH3 is 1. The molecule has 1 N–H and O–H groups in total. The predicted molar refractivity (Wildman–Crippen MR) is 60.8 cm³/mol. The molecule has 2 rings (SSSR count). The Hall–Kier alpha value is -2.30. The number of phenols is 1. The van der Waals surface area contributed by atoms with Gasteiger partial charge in [0.05, 0.1) is 12.7 Å². The molecule has 0 atom stereocenters. The summed E-state index contributed by atoms with van der Waals surface area (Å²) in [5, 5.41) is 9.78. The first-order valence-corrected chi connectivity index (χ1v) is 4.88. The Morgan fingerprint density at radius 1 is 1.41 bits per heavy atom. The van der Waals surface area contributed by atoms with E-state index in [0.717, 1.165) is 0 Å². The molecule has 0 spiro atoms. The lowest BCUT2D eigenvalue weighted by Gasteiger charge is -2.08. The lowest BCUT2D eigenvalue weighted by molar-refractivity contribution is 0.112. The number of rotatable bonds is 2. The molecule has 88 valence electrons. The van der Waals surface area contributed by atoms with Gasteiger partial charge in [-0.05, 0) is 6.92 Å². The van der Waals surface area contributed by atoms with E-state index in [-0.39, 0.29) is 33.5 Å². The van der Waals surface area contributed by atoms with Crippen molar-refractivity contribution in [2.45, 2.75) is 6.92 Å². The van der Waals surface area contributed by atoms with Gasteiger partial charge in [-0.2, -0.15) is 0 Å². The minimum Gasteiger partial charge on any atom is -0.507 e. The van der Waals surface area contributed by atoms with Crippen LogP contribution in [-0.4, -0.2) is 18.5 Å². The average molecular weight is 234 g/mol. The molecular formula is C12H10O5. The SMILES string of the molecule is COc1cc(O)c(C=O)c2oc(C)cc(=O)c12. The van der Waals surface area contributed by atoms with Crippen molar-refractivity contribution < 1.29 is 19.1 Å². The number of carbonyl (C=O) groups excluding carboxylic acids is 1. The highest BCUT2D eigenvalue weighted by atomic mass is 16.5. The highest BCUT2D eigenvalue weighted by molar-refractivity contribution is 6.00. The Labute approximate surface area is 96.2 Å². The summed E-state index contributed by atoms with van der Waals surface area (Å²) >= 11 is 0. The molecule has 1 heterocycles. The van der Waals surface area contributed by atoms with Crippen molar-refractivity contribution in [1.29, 1.82) is 0 Å². The summed E-state index contributed by atoms with van der Waals surface area (Å²) in [6.07, 6.45) is 0.444. The van der Waals surface area contributed by atoms with E-state index in [1.54, 1.807) is 6.92 Å². The number of fused-ring (bicyclic) bond motifs is 1. The van der Waals surface area contributed by atoms with Crippen LogP contribution in [0.3, 0.4) is 0 Å². The van der Waals surface area contributed by atoms with Gasteiger partial charge in [-0.25, -0.2) is 0 Å². The molecule has 0 saturated heterocycles. The summed E-state index contributed by atoms with van der Waals surface area (Å²) in [5.74, 6) is 0.258. The van der Waals surface area contributed by atoms with E-state index in [0.29, 0.717) is 12.0 Å². The lowest BCUT2D eigenvalue weighted by atomic mass is 10.1. The summed E-state index contributed by atoms with van der Waals surface area (Å²) < 4.78 is 10.3. The first-order valence-electron chi connectivity index (χ1n) is 4.88. The highest BCUT2D eigenvalue weighted by Gasteiger charge is 2.17. The summed E-state index contributed by atoms with van der Waals surface area (Å²) in [6.45, 7) is 1.59. The summed E-state index contributed by atoms with van der Waals surface area (Å²) in [4.78, 5) is 22.7. The Morgan fingerprint density at radius 3 is 2.71 bits per heavy atom. The first kappa shape index (κ1) is 11.2. The van der Waals surface area contributed by atoms with E-state index in [9.17, 15) is 14.7 Å². The van der Waals surface area contributed by atoms with Crippen molar-refractivity contribution in [2.24, 2.45) is 0 Å². The molecule has 0 bridgehead atoms. The molecule has 17 heavy (non-hydrogen) atoms. The summed E-state index contributed by atoms with van der Waals surface area (Å²) in [6, 6.07) is 2.52. The quantitative estimate of drug-likeness (QED) is 0.799. The molecule has 1 aromatic carbocycles. The molecule has 0 radical (unpaired) electrons. The first-order chi connectivity index (χ1) is 8.08. The van der Waals surface area contributed by atoms with Gasteiger partial charge in [-0.1, -0.05) is 0 Å². The molecule has 0 aliphatic heterocycles. The van der Waals surface area contributed by atoms with Crippen LogP contribution in [0, 0.1) is 6.92 Å². The molecule has 0 amide bonds. The molecule has 0 aliphatic rings. The van der Waals surface area contributed by atoms with Gasteiger partial charge in [0.15, 0.2) is 17.3 Å². The Bertz CT molecular complexity index is 654. The zero-order valence-electron chi connectivity index (χ0n) is 9.31. The number of benzene rings is 1. The maximum absolute atomic E-state index is 11.8. The van der Waals surface area contributed by atoms with E-state index in [4.69, 9.17) is 9.15 Å². The number of hydrogen-bond acceptors (Lipinski definition) is 5. The third kappa shape index (κ3) is 1.65. The topological polar surface area (TPSA) is 76.7 Å².